The van der Waals surface area contributed by atoms with Gasteiger partial charge in [-0.15, -0.1) is 11.3 Å². The molecule has 0 bridgehead atoms. The zero-order valence-corrected chi connectivity index (χ0v) is 17.9. The summed E-state index contributed by atoms with van der Waals surface area (Å²) in [6, 6.07) is 4.55. The number of thiazole rings is 1. The van der Waals surface area contributed by atoms with Gasteiger partial charge in [-0.1, -0.05) is 0 Å². The number of aliphatic hydroxyl groups is 1. The number of carbonyl (C=O) groups is 1. The molecule has 1 aromatic carbocycles. The molecule has 0 fully saturated rings. The van der Waals surface area contributed by atoms with Gasteiger partial charge in [0.1, 0.15) is 22.7 Å². The Balaban J connectivity index is 2.19. The Bertz CT molecular complexity index is 1110. The molecule has 0 aliphatic rings. The number of aromatic nitrogens is 2. The first-order valence-corrected chi connectivity index (χ1v) is 9.98. The zero-order chi connectivity index (χ0) is 20.4. The molecule has 0 spiro atoms. The number of rotatable bonds is 6. The zero-order valence-electron chi connectivity index (χ0n) is 14.9. The quantitative estimate of drug-likeness (QED) is 0.263. The van der Waals surface area contributed by atoms with E-state index in [1.807, 2.05) is 22.6 Å². The molecular weight excluding hydrogens is 502 g/mol. The van der Waals surface area contributed by atoms with Crippen LogP contribution in [0.4, 0.5) is 15.9 Å². The average Bonchev–Trinajstić information content (AvgIpc) is 3.03. The van der Waals surface area contributed by atoms with Gasteiger partial charge in [-0.25, -0.2) is 14.9 Å². The number of aryl methyl sites for hydroxylation is 1. The minimum Gasteiger partial charge on any atom is -0.394 e. The maximum absolute atomic E-state index is 14.4. The van der Waals surface area contributed by atoms with Crippen LogP contribution in [0.1, 0.15) is 15.4 Å². The van der Waals surface area contributed by atoms with Gasteiger partial charge in [0.25, 0.3) is 11.5 Å². The van der Waals surface area contributed by atoms with Crippen molar-refractivity contribution in [3.63, 3.8) is 0 Å². The summed E-state index contributed by atoms with van der Waals surface area (Å²) in [4.78, 5) is 34.6. The van der Waals surface area contributed by atoms with E-state index in [0.717, 1.165) is 0 Å². The van der Waals surface area contributed by atoms with Crippen LogP contribution in [0.25, 0.3) is 10.2 Å². The van der Waals surface area contributed by atoms with E-state index in [4.69, 9.17) is 9.94 Å². The molecule has 0 radical (unpaired) electrons. The van der Waals surface area contributed by atoms with Crippen LogP contribution < -0.4 is 16.4 Å². The number of halogens is 2. The molecule has 0 atom stereocenters. The van der Waals surface area contributed by atoms with Gasteiger partial charge < -0.3 is 10.4 Å². The predicted octanol–water partition coefficient (Wildman–Crippen LogP) is 2.44. The third-order valence-electron chi connectivity index (χ3n) is 3.81. The Morgan fingerprint density at radius 2 is 2.21 bits per heavy atom. The smallest absolute Gasteiger partial charge is 0.280 e. The van der Waals surface area contributed by atoms with Crippen molar-refractivity contribution in [1.29, 1.82) is 0 Å². The second-order valence-electron chi connectivity index (χ2n) is 5.75. The van der Waals surface area contributed by atoms with Crippen molar-refractivity contribution in [2.45, 2.75) is 6.92 Å². The number of hydrogen-bond donors (Lipinski definition) is 3. The summed E-state index contributed by atoms with van der Waals surface area (Å²) in [6.07, 6.45) is 0. The summed E-state index contributed by atoms with van der Waals surface area (Å²) < 4.78 is 16.6. The number of amides is 1. The molecule has 3 aromatic rings. The molecule has 28 heavy (non-hydrogen) atoms. The van der Waals surface area contributed by atoms with Gasteiger partial charge in [-0.05, 0) is 47.7 Å². The first-order valence-electron chi connectivity index (χ1n) is 8.08. The lowest BCUT2D eigenvalue weighted by atomic mass is 10.2. The van der Waals surface area contributed by atoms with Gasteiger partial charge in [0.2, 0.25) is 0 Å². The number of hydroxylamine groups is 1. The Labute approximate surface area is 176 Å². The summed E-state index contributed by atoms with van der Waals surface area (Å²) in [5, 5.41) is 12.3. The monoisotopic (exact) mass is 518 g/mol. The van der Waals surface area contributed by atoms with Crippen molar-refractivity contribution < 1.29 is 19.1 Å². The molecule has 0 saturated heterocycles. The molecule has 2 aromatic heterocycles. The number of anilines is 2. The third kappa shape index (κ3) is 4.01. The van der Waals surface area contributed by atoms with Gasteiger partial charge in [0.05, 0.1) is 28.6 Å². The van der Waals surface area contributed by atoms with E-state index in [-0.39, 0.29) is 35.8 Å². The van der Waals surface area contributed by atoms with Crippen LogP contribution in [-0.4, -0.2) is 33.8 Å². The molecule has 3 N–H and O–H groups in total. The summed E-state index contributed by atoms with van der Waals surface area (Å²) >= 11 is 3.16. The number of aliphatic hydroxyl groups excluding tert-OH is 1. The van der Waals surface area contributed by atoms with Crippen molar-refractivity contribution >= 4 is 61.6 Å². The molecule has 0 aliphatic carbocycles. The lowest BCUT2D eigenvalue weighted by Gasteiger charge is -2.17. The predicted molar refractivity (Wildman–Crippen MR) is 113 cm³/mol. The molecule has 148 valence electrons. The van der Waals surface area contributed by atoms with Crippen LogP contribution in [0.5, 0.6) is 0 Å². The molecule has 0 saturated carbocycles. The van der Waals surface area contributed by atoms with Crippen LogP contribution >= 0.6 is 33.9 Å². The average molecular weight is 518 g/mol. The molecule has 2 heterocycles. The summed E-state index contributed by atoms with van der Waals surface area (Å²) in [7, 11) is 1.47. The van der Waals surface area contributed by atoms with Crippen LogP contribution in [0.2, 0.25) is 0 Å². The summed E-state index contributed by atoms with van der Waals surface area (Å²) in [5.74, 6) is -1.07. The van der Waals surface area contributed by atoms with Gasteiger partial charge in [0.15, 0.2) is 0 Å². The fourth-order valence-corrected chi connectivity index (χ4v) is 3.97. The first kappa shape index (κ1) is 20.6. The molecule has 1 amide bonds. The van der Waals surface area contributed by atoms with Crippen molar-refractivity contribution in [2.24, 2.45) is 7.05 Å². The van der Waals surface area contributed by atoms with E-state index in [1.165, 1.54) is 35.1 Å². The van der Waals surface area contributed by atoms with E-state index in [2.05, 4.69) is 15.8 Å². The standard InChI is InChI=1S/C17H16FIN4O4S/c1-8-20-13-14(28-8)12(16(25)22-27-6-5-24)15(23(2)17(13)26)21-11-4-3-9(19)7-10(11)18/h3-4,7,21,24H,5-6H2,1-2H3,(H,22,25). The Morgan fingerprint density at radius 1 is 1.46 bits per heavy atom. The molecule has 3 rings (SSSR count). The maximum atomic E-state index is 14.4. The SMILES string of the molecule is Cc1nc2c(=O)n(C)c(Nc3ccc(I)cc3F)c(C(=O)NOCCO)c2s1. The highest BCUT2D eigenvalue weighted by Crippen LogP contribution is 2.31. The van der Waals surface area contributed by atoms with E-state index < -0.39 is 17.3 Å². The molecular formula is C17H16FIN4O4S. The van der Waals surface area contributed by atoms with E-state index in [1.54, 1.807) is 13.0 Å². The second kappa shape index (κ2) is 8.51. The number of hydrogen-bond acceptors (Lipinski definition) is 7. The van der Waals surface area contributed by atoms with E-state index in [9.17, 15) is 14.0 Å². The summed E-state index contributed by atoms with van der Waals surface area (Å²) in [5.41, 5.74) is 2.16. The molecule has 0 aliphatic heterocycles. The highest BCUT2D eigenvalue weighted by atomic mass is 127. The van der Waals surface area contributed by atoms with Crippen LogP contribution in [0.15, 0.2) is 23.0 Å². The number of carbonyl (C=O) groups excluding carboxylic acids is 1. The van der Waals surface area contributed by atoms with Crippen LogP contribution in [0.3, 0.4) is 0 Å². The minimum atomic E-state index is -0.647. The van der Waals surface area contributed by atoms with E-state index >= 15 is 0 Å². The lowest BCUT2D eigenvalue weighted by Crippen LogP contribution is -2.30. The Hall–Kier alpha value is -2.09. The second-order valence-corrected chi connectivity index (χ2v) is 8.20. The number of pyridine rings is 1. The number of nitrogens with zero attached hydrogens (tertiary/aromatic N) is 2. The van der Waals surface area contributed by atoms with Crippen molar-refractivity contribution in [1.82, 2.24) is 15.0 Å². The van der Waals surface area contributed by atoms with E-state index in [0.29, 0.717) is 13.3 Å². The number of nitrogens with one attached hydrogen (secondary N) is 2. The van der Waals surface area contributed by atoms with Crippen molar-refractivity contribution in [3.05, 3.63) is 48.5 Å². The molecule has 0 unspecified atom stereocenters. The highest BCUT2D eigenvalue weighted by Gasteiger charge is 2.24. The number of benzene rings is 1. The Kier molecular flexibility index (Phi) is 6.27. The fourth-order valence-electron chi connectivity index (χ4n) is 2.57. The van der Waals surface area contributed by atoms with Crippen molar-refractivity contribution in [3.8, 4) is 0 Å². The van der Waals surface area contributed by atoms with Gasteiger partial charge in [-0.3, -0.25) is 19.0 Å². The number of fused-ring (bicyclic) bond motifs is 1. The lowest BCUT2D eigenvalue weighted by molar-refractivity contribution is 0.0170. The Morgan fingerprint density at radius 3 is 2.89 bits per heavy atom. The van der Waals surface area contributed by atoms with Crippen LogP contribution in [-0.2, 0) is 11.9 Å². The fraction of sp³-hybridized carbons (Fsp3) is 0.235. The van der Waals surface area contributed by atoms with Gasteiger partial charge >= 0.3 is 0 Å². The molecule has 8 nitrogen and oxygen atoms in total. The third-order valence-corrected chi connectivity index (χ3v) is 5.47. The highest BCUT2D eigenvalue weighted by molar-refractivity contribution is 14.1. The normalized spacial score (nSPS) is 11.0. The minimum absolute atomic E-state index is 0.0959. The van der Waals surface area contributed by atoms with Crippen LogP contribution in [0, 0.1) is 16.3 Å². The molecule has 11 heteroatoms. The van der Waals surface area contributed by atoms with Gasteiger partial charge in [0, 0.05) is 10.6 Å². The topological polar surface area (TPSA) is 105 Å². The first-order chi connectivity index (χ1) is 13.3. The maximum Gasteiger partial charge on any atom is 0.280 e. The van der Waals surface area contributed by atoms with Gasteiger partial charge in [-0.2, -0.15) is 0 Å². The van der Waals surface area contributed by atoms with Crippen molar-refractivity contribution in [2.75, 3.05) is 18.5 Å². The largest absolute Gasteiger partial charge is 0.394 e. The summed E-state index contributed by atoms with van der Waals surface area (Å²) in [6.45, 7) is 1.35.